The standard InChI is InChI=1S/C13H19O2/c1-4-7-8-12(15)13(11-14,9-5-2)10-6-3/h5-6H,2-4,7-10H2,1H3. The van der Waals surface area contributed by atoms with Crippen molar-refractivity contribution in [1.29, 1.82) is 0 Å². The minimum atomic E-state index is -1.03. The zero-order chi connectivity index (χ0) is 11.7. The van der Waals surface area contributed by atoms with Crippen molar-refractivity contribution in [2.75, 3.05) is 0 Å². The molecule has 0 aromatic heterocycles. The summed E-state index contributed by atoms with van der Waals surface area (Å²) in [7, 11) is 0. The zero-order valence-electron chi connectivity index (χ0n) is 9.42. The van der Waals surface area contributed by atoms with Gasteiger partial charge in [0.05, 0.1) is 0 Å². The Labute approximate surface area is 92.1 Å². The second-order valence-corrected chi connectivity index (χ2v) is 3.70. The summed E-state index contributed by atoms with van der Waals surface area (Å²) in [6.07, 6.45) is 7.98. The van der Waals surface area contributed by atoms with Crippen LogP contribution in [0.15, 0.2) is 25.3 Å². The highest BCUT2D eigenvalue weighted by Gasteiger charge is 2.35. The fourth-order valence-corrected chi connectivity index (χ4v) is 1.52. The highest BCUT2D eigenvalue weighted by molar-refractivity contribution is 5.98. The number of hydrogen-bond donors (Lipinski definition) is 0. The smallest absolute Gasteiger partial charge is 0.213 e. The Morgan fingerprint density at radius 3 is 2.20 bits per heavy atom. The van der Waals surface area contributed by atoms with E-state index in [4.69, 9.17) is 0 Å². The van der Waals surface area contributed by atoms with E-state index in [1.807, 2.05) is 13.2 Å². The van der Waals surface area contributed by atoms with E-state index in [0.29, 0.717) is 19.3 Å². The summed E-state index contributed by atoms with van der Waals surface area (Å²) in [6.45, 7) is 9.16. The normalized spacial score (nSPS) is 10.7. The number of carbonyl (C=O) groups excluding carboxylic acids is 2. The number of Topliss-reactive ketones (excluding diaryl/α,β-unsaturated/α-hetero) is 1. The second kappa shape index (κ2) is 7.16. The summed E-state index contributed by atoms with van der Waals surface area (Å²) in [5, 5.41) is 0. The van der Waals surface area contributed by atoms with Crippen LogP contribution in [0.3, 0.4) is 0 Å². The summed E-state index contributed by atoms with van der Waals surface area (Å²) in [5.74, 6) is -0.0425. The van der Waals surface area contributed by atoms with Crippen LogP contribution in [0.4, 0.5) is 0 Å². The van der Waals surface area contributed by atoms with Crippen LogP contribution in [0.2, 0.25) is 0 Å². The molecule has 0 aliphatic rings. The zero-order valence-corrected chi connectivity index (χ0v) is 9.42. The van der Waals surface area contributed by atoms with Gasteiger partial charge in [0.15, 0.2) is 0 Å². The number of carbonyl (C=O) groups is 1. The van der Waals surface area contributed by atoms with Gasteiger partial charge in [-0.05, 0) is 19.3 Å². The molecule has 15 heavy (non-hydrogen) atoms. The molecule has 0 atom stereocenters. The van der Waals surface area contributed by atoms with Crippen molar-refractivity contribution in [3.8, 4) is 0 Å². The van der Waals surface area contributed by atoms with E-state index in [-0.39, 0.29) is 5.78 Å². The Kier molecular flexibility index (Phi) is 6.59. The molecule has 0 heterocycles. The first-order chi connectivity index (χ1) is 7.16. The molecule has 0 spiro atoms. The van der Waals surface area contributed by atoms with Gasteiger partial charge in [0.25, 0.3) is 0 Å². The molecule has 0 unspecified atom stereocenters. The lowest BCUT2D eigenvalue weighted by atomic mass is 9.77. The fourth-order valence-electron chi connectivity index (χ4n) is 1.52. The molecule has 0 aliphatic carbocycles. The molecule has 83 valence electrons. The molecule has 0 amide bonds. The summed E-state index contributed by atoms with van der Waals surface area (Å²) in [4.78, 5) is 22.8. The van der Waals surface area contributed by atoms with Crippen LogP contribution in [0.5, 0.6) is 0 Å². The minimum Gasteiger partial charge on any atom is -0.299 e. The second-order valence-electron chi connectivity index (χ2n) is 3.70. The molecule has 1 radical (unpaired) electrons. The van der Waals surface area contributed by atoms with Crippen LogP contribution in [0, 0.1) is 5.41 Å². The maximum Gasteiger partial charge on any atom is 0.213 e. The fraction of sp³-hybridized carbons (Fsp3) is 0.538. The third-order valence-corrected chi connectivity index (χ3v) is 2.47. The summed E-state index contributed by atoms with van der Waals surface area (Å²) < 4.78 is 0. The van der Waals surface area contributed by atoms with Crippen molar-refractivity contribution in [3.63, 3.8) is 0 Å². The largest absolute Gasteiger partial charge is 0.299 e. The van der Waals surface area contributed by atoms with Crippen molar-refractivity contribution in [1.82, 2.24) is 0 Å². The van der Waals surface area contributed by atoms with Crippen LogP contribution in [-0.2, 0) is 9.59 Å². The van der Waals surface area contributed by atoms with Gasteiger partial charge in [0, 0.05) is 6.42 Å². The molecule has 0 saturated heterocycles. The van der Waals surface area contributed by atoms with E-state index in [2.05, 4.69) is 13.2 Å². The highest BCUT2D eigenvalue weighted by atomic mass is 16.1. The number of hydrogen-bond acceptors (Lipinski definition) is 2. The first-order valence-corrected chi connectivity index (χ1v) is 5.31. The molecular weight excluding hydrogens is 188 g/mol. The molecule has 0 fully saturated rings. The van der Waals surface area contributed by atoms with Gasteiger partial charge >= 0.3 is 0 Å². The van der Waals surface area contributed by atoms with Crippen molar-refractivity contribution in [2.45, 2.75) is 39.0 Å². The average Bonchev–Trinajstić information content (AvgIpc) is 2.25. The van der Waals surface area contributed by atoms with Crippen molar-refractivity contribution in [3.05, 3.63) is 25.3 Å². The van der Waals surface area contributed by atoms with E-state index in [9.17, 15) is 9.59 Å². The molecule has 0 rings (SSSR count). The van der Waals surface area contributed by atoms with Gasteiger partial charge in [-0.25, -0.2) is 0 Å². The first kappa shape index (κ1) is 13.8. The topological polar surface area (TPSA) is 34.1 Å². The lowest BCUT2D eigenvalue weighted by molar-refractivity contribution is -0.125. The average molecular weight is 207 g/mol. The van der Waals surface area contributed by atoms with Gasteiger partial charge in [-0.15, -0.1) is 13.2 Å². The Morgan fingerprint density at radius 1 is 1.33 bits per heavy atom. The SMILES string of the molecule is C=CCC([C]=O)(CC=C)C(=O)CCCC. The van der Waals surface area contributed by atoms with E-state index in [1.54, 1.807) is 12.2 Å². The van der Waals surface area contributed by atoms with Crippen molar-refractivity contribution >= 4 is 12.1 Å². The van der Waals surface area contributed by atoms with E-state index in [1.165, 1.54) is 0 Å². The summed E-state index contributed by atoms with van der Waals surface area (Å²) >= 11 is 0. The third-order valence-electron chi connectivity index (χ3n) is 2.47. The molecule has 0 aromatic carbocycles. The predicted molar refractivity (Wildman–Crippen MR) is 62.3 cm³/mol. The molecule has 0 aliphatic heterocycles. The highest BCUT2D eigenvalue weighted by Crippen LogP contribution is 2.28. The number of allylic oxidation sites excluding steroid dienone is 2. The van der Waals surface area contributed by atoms with Gasteiger partial charge in [-0.1, -0.05) is 25.5 Å². The Hall–Kier alpha value is -1.18. The predicted octanol–water partition coefficient (Wildman–Crippen LogP) is 2.99. The van der Waals surface area contributed by atoms with Gasteiger partial charge in [-0.3, -0.25) is 9.59 Å². The monoisotopic (exact) mass is 207 g/mol. The maximum absolute atomic E-state index is 11.9. The van der Waals surface area contributed by atoms with E-state index < -0.39 is 5.41 Å². The van der Waals surface area contributed by atoms with E-state index >= 15 is 0 Å². The molecular formula is C13H19O2. The molecule has 0 N–H and O–H groups in total. The lowest BCUT2D eigenvalue weighted by Crippen LogP contribution is -2.31. The van der Waals surface area contributed by atoms with Gasteiger partial charge in [-0.2, -0.15) is 0 Å². The molecule has 0 aromatic rings. The quantitative estimate of drug-likeness (QED) is 0.430. The molecule has 0 bridgehead atoms. The van der Waals surface area contributed by atoms with Gasteiger partial charge < -0.3 is 0 Å². The Balaban J connectivity index is 4.70. The Bertz CT molecular complexity index is 231. The third kappa shape index (κ3) is 3.82. The van der Waals surface area contributed by atoms with Gasteiger partial charge in [0.2, 0.25) is 6.29 Å². The van der Waals surface area contributed by atoms with Crippen LogP contribution < -0.4 is 0 Å². The van der Waals surface area contributed by atoms with Crippen molar-refractivity contribution < 1.29 is 9.59 Å². The molecule has 2 heteroatoms. The molecule has 0 saturated carbocycles. The summed E-state index contributed by atoms with van der Waals surface area (Å²) in [6, 6.07) is 0. The lowest BCUT2D eigenvalue weighted by Gasteiger charge is -2.22. The van der Waals surface area contributed by atoms with Crippen LogP contribution >= 0.6 is 0 Å². The Morgan fingerprint density at radius 2 is 1.87 bits per heavy atom. The van der Waals surface area contributed by atoms with Crippen LogP contribution in [0.25, 0.3) is 0 Å². The number of ketones is 1. The first-order valence-electron chi connectivity index (χ1n) is 5.31. The minimum absolute atomic E-state index is 0.0425. The van der Waals surface area contributed by atoms with E-state index in [0.717, 1.165) is 12.8 Å². The number of unbranched alkanes of at least 4 members (excludes halogenated alkanes) is 1. The number of rotatable bonds is 9. The summed E-state index contributed by atoms with van der Waals surface area (Å²) in [5.41, 5.74) is -1.03. The van der Waals surface area contributed by atoms with Crippen LogP contribution in [-0.4, -0.2) is 12.1 Å². The van der Waals surface area contributed by atoms with Crippen LogP contribution in [0.1, 0.15) is 39.0 Å². The van der Waals surface area contributed by atoms with Gasteiger partial charge in [0.1, 0.15) is 11.2 Å². The maximum atomic E-state index is 11.9. The molecule has 2 nitrogen and oxygen atoms in total. The van der Waals surface area contributed by atoms with Crippen molar-refractivity contribution in [2.24, 2.45) is 5.41 Å².